The molecule has 7 nitrogen and oxygen atoms in total. The summed E-state index contributed by atoms with van der Waals surface area (Å²) in [6, 6.07) is 0. The largest absolute Gasteiger partial charge is 0.469 e. The lowest BCUT2D eigenvalue weighted by Gasteiger charge is -2.15. The van der Waals surface area contributed by atoms with E-state index in [-0.39, 0.29) is 0 Å². The third-order valence-corrected chi connectivity index (χ3v) is 1.53. The highest BCUT2D eigenvalue weighted by Crippen LogP contribution is 2.35. The van der Waals surface area contributed by atoms with Crippen LogP contribution in [0, 0.1) is 0 Å². The van der Waals surface area contributed by atoms with Gasteiger partial charge in [0, 0.05) is 0 Å². The van der Waals surface area contributed by atoms with Crippen LogP contribution in [-0.2, 0) is 9.09 Å². The Hall–Kier alpha value is -0.0100. The number of hydrogen-bond acceptors (Lipinski definition) is 5. The molecule has 0 radical (unpaired) electrons. The highest BCUT2D eigenvalue weighted by atomic mass is 31.2. The number of rotatable bonds is 5. The van der Waals surface area contributed by atoms with Gasteiger partial charge in [-0.1, -0.05) is 0 Å². The lowest BCUT2D eigenvalue weighted by Crippen LogP contribution is -2.32. The van der Waals surface area contributed by atoms with Gasteiger partial charge in [0.25, 0.3) is 0 Å². The Morgan fingerprint density at radius 2 is 1.75 bits per heavy atom. The van der Waals surface area contributed by atoms with Crippen LogP contribution in [0.25, 0.3) is 0 Å². The Morgan fingerprint density at radius 1 is 1.25 bits per heavy atom. The average molecular weight is 202 g/mol. The third kappa shape index (κ3) is 5.62. The molecule has 0 spiro atoms. The number of aliphatic hydroxyl groups is 3. The predicted octanol–water partition coefficient (Wildman–Crippen LogP) is -2.19. The molecule has 0 amide bonds. The van der Waals surface area contributed by atoms with Gasteiger partial charge in [-0.25, -0.2) is 4.57 Å². The van der Waals surface area contributed by atoms with Crippen molar-refractivity contribution in [1.29, 1.82) is 0 Å². The van der Waals surface area contributed by atoms with Gasteiger partial charge in [0.2, 0.25) is 0 Å². The summed E-state index contributed by atoms with van der Waals surface area (Å²) in [5.41, 5.74) is 0. The van der Waals surface area contributed by atoms with E-state index in [2.05, 4.69) is 4.52 Å². The van der Waals surface area contributed by atoms with Crippen LogP contribution >= 0.6 is 7.82 Å². The fourth-order valence-electron chi connectivity index (χ4n) is 0.406. The van der Waals surface area contributed by atoms with Gasteiger partial charge < -0.3 is 25.1 Å². The molecular weight excluding hydrogens is 191 g/mol. The zero-order chi connectivity index (χ0) is 9.78. The van der Waals surface area contributed by atoms with Crippen LogP contribution < -0.4 is 0 Å². The van der Waals surface area contributed by atoms with E-state index in [1.54, 1.807) is 0 Å². The van der Waals surface area contributed by atoms with E-state index >= 15 is 0 Å². The van der Waals surface area contributed by atoms with Crippen molar-refractivity contribution in [2.24, 2.45) is 0 Å². The van der Waals surface area contributed by atoms with Gasteiger partial charge in [0.15, 0.2) is 0 Å². The Balaban J connectivity index is 3.71. The molecule has 0 aliphatic heterocycles. The smallest absolute Gasteiger partial charge is 0.394 e. The van der Waals surface area contributed by atoms with Crippen LogP contribution in [0.2, 0.25) is 0 Å². The van der Waals surface area contributed by atoms with E-state index in [0.29, 0.717) is 0 Å². The van der Waals surface area contributed by atoms with Gasteiger partial charge in [-0.15, -0.1) is 0 Å². The standard InChI is InChI=1S/C4H11O7P/c5-1-3(6)4(7)2-11-12(8,9)10/h3-7H,1-2H2,(H2,8,9,10). The molecule has 74 valence electrons. The number of hydrogen-bond donors (Lipinski definition) is 5. The first kappa shape index (κ1) is 12.0. The average Bonchev–Trinajstić information content (AvgIpc) is 1.97. The fraction of sp³-hybridized carbons (Fsp3) is 1.00. The van der Waals surface area contributed by atoms with Crippen LogP contribution in [0.1, 0.15) is 0 Å². The second-order valence-corrected chi connectivity index (χ2v) is 3.34. The summed E-state index contributed by atoms with van der Waals surface area (Å²) in [6.45, 7) is -1.43. The van der Waals surface area contributed by atoms with Crippen molar-refractivity contribution < 1.29 is 34.2 Å². The van der Waals surface area contributed by atoms with E-state index in [9.17, 15) is 4.57 Å². The fourth-order valence-corrected chi connectivity index (χ4v) is 0.753. The molecule has 0 aliphatic rings. The molecule has 0 aromatic carbocycles. The normalized spacial score (nSPS) is 17.4. The van der Waals surface area contributed by atoms with E-state index < -0.39 is 33.2 Å². The summed E-state index contributed by atoms with van der Waals surface area (Å²) in [5.74, 6) is 0. The van der Waals surface area contributed by atoms with E-state index in [4.69, 9.17) is 25.1 Å². The zero-order valence-electron chi connectivity index (χ0n) is 6.07. The topological polar surface area (TPSA) is 127 Å². The number of phosphoric ester groups is 1. The molecule has 0 fully saturated rings. The molecule has 5 N–H and O–H groups in total. The van der Waals surface area contributed by atoms with Crippen molar-refractivity contribution >= 4 is 7.82 Å². The van der Waals surface area contributed by atoms with Crippen molar-refractivity contribution in [3.05, 3.63) is 0 Å². The maximum absolute atomic E-state index is 10.1. The highest BCUT2D eigenvalue weighted by molar-refractivity contribution is 7.46. The maximum Gasteiger partial charge on any atom is 0.469 e. The van der Waals surface area contributed by atoms with Crippen molar-refractivity contribution in [3.63, 3.8) is 0 Å². The summed E-state index contributed by atoms with van der Waals surface area (Å²) in [5, 5.41) is 25.8. The molecule has 0 heterocycles. The zero-order valence-corrected chi connectivity index (χ0v) is 6.96. The SMILES string of the molecule is O=P(O)(O)OCC(O)C(O)CO. The van der Waals surface area contributed by atoms with Gasteiger partial charge >= 0.3 is 7.82 Å². The minimum Gasteiger partial charge on any atom is -0.394 e. The van der Waals surface area contributed by atoms with Gasteiger partial charge in [-0.05, 0) is 0 Å². The lowest BCUT2D eigenvalue weighted by molar-refractivity contribution is -0.0381. The molecule has 2 atom stereocenters. The summed E-state index contributed by atoms with van der Waals surface area (Å²) in [6.07, 6.45) is -2.97. The van der Waals surface area contributed by atoms with Crippen molar-refractivity contribution in [1.82, 2.24) is 0 Å². The predicted molar refractivity (Wildman–Crippen MR) is 37.1 cm³/mol. The van der Waals surface area contributed by atoms with Crippen LogP contribution in [0.5, 0.6) is 0 Å². The first-order valence-corrected chi connectivity index (χ1v) is 4.57. The molecule has 0 rings (SSSR count). The minimum atomic E-state index is -4.62. The van der Waals surface area contributed by atoms with Crippen LogP contribution in [-0.4, -0.2) is 50.5 Å². The maximum atomic E-state index is 10.1. The number of aliphatic hydroxyl groups excluding tert-OH is 3. The van der Waals surface area contributed by atoms with Gasteiger partial charge in [0.05, 0.1) is 13.2 Å². The lowest BCUT2D eigenvalue weighted by atomic mass is 10.2. The summed E-state index contributed by atoms with van der Waals surface area (Å²) < 4.78 is 13.9. The first-order chi connectivity index (χ1) is 5.37. The van der Waals surface area contributed by atoms with Gasteiger partial charge in [-0.2, -0.15) is 0 Å². The van der Waals surface area contributed by atoms with Crippen LogP contribution in [0.4, 0.5) is 0 Å². The third-order valence-electron chi connectivity index (χ3n) is 1.04. The molecule has 0 bridgehead atoms. The van der Waals surface area contributed by atoms with E-state index in [0.717, 1.165) is 0 Å². The summed E-state index contributed by atoms with van der Waals surface area (Å²) in [7, 11) is -4.62. The quantitative estimate of drug-likeness (QED) is 0.320. The first-order valence-electron chi connectivity index (χ1n) is 3.04. The second kappa shape index (κ2) is 4.88. The molecule has 12 heavy (non-hydrogen) atoms. The van der Waals surface area contributed by atoms with Crippen molar-refractivity contribution in [2.45, 2.75) is 12.2 Å². The number of phosphoric acid groups is 1. The van der Waals surface area contributed by atoms with Crippen molar-refractivity contribution in [3.8, 4) is 0 Å². The Morgan fingerprint density at radius 3 is 2.08 bits per heavy atom. The molecule has 8 heteroatoms. The second-order valence-electron chi connectivity index (χ2n) is 2.10. The molecular formula is C4H11O7P. The monoisotopic (exact) mass is 202 g/mol. The molecule has 0 aliphatic carbocycles. The molecule has 0 aromatic heterocycles. The summed E-state index contributed by atoms with van der Waals surface area (Å²) in [4.78, 5) is 16.3. The molecule has 0 aromatic rings. The van der Waals surface area contributed by atoms with E-state index in [1.165, 1.54) is 0 Å². The molecule has 0 saturated heterocycles. The molecule has 0 saturated carbocycles. The van der Waals surface area contributed by atoms with Crippen LogP contribution in [0.15, 0.2) is 0 Å². The Bertz CT molecular complexity index is 165. The van der Waals surface area contributed by atoms with Crippen molar-refractivity contribution in [2.75, 3.05) is 13.2 Å². The van der Waals surface area contributed by atoms with Gasteiger partial charge in [0.1, 0.15) is 12.2 Å². The molecule has 2 unspecified atom stereocenters. The Kier molecular flexibility index (Phi) is 4.88. The summed E-state index contributed by atoms with van der Waals surface area (Å²) >= 11 is 0. The highest BCUT2D eigenvalue weighted by Gasteiger charge is 2.21. The van der Waals surface area contributed by atoms with Gasteiger partial charge in [-0.3, -0.25) is 4.52 Å². The minimum absolute atomic E-state index is 0.703. The van der Waals surface area contributed by atoms with E-state index in [1.807, 2.05) is 0 Å². The van der Waals surface area contributed by atoms with Crippen LogP contribution in [0.3, 0.4) is 0 Å². The Labute approximate surface area is 68.5 Å².